The van der Waals surface area contributed by atoms with Gasteiger partial charge in [-0.1, -0.05) is 0 Å². The number of nitrogens with one attached hydrogen (secondary N) is 2. The van der Waals surface area contributed by atoms with Gasteiger partial charge in [0.05, 0.1) is 17.7 Å². The normalized spacial score (nSPS) is 14.4. The van der Waals surface area contributed by atoms with Crippen LogP contribution in [-0.2, 0) is 6.54 Å². The van der Waals surface area contributed by atoms with E-state index >= 15 is 0 Å². The molecule has 0 aliphatic carbocycles. The van der Waals surface area contributed by atoms with Gasteiger partial charge in [-0.15, -0.1) is 11.3 Å². The fraction of sp³-hybridized carbons (Fsp3) is 0.286. The second-order valence-corrected chi connectivity index (χ2v) is 5.58. The first-order valence-corrected chi connectivity index (χ1v) is 7.40. The summed E-state index contributed by atoms with van der Waals surface area (Å²) in [5, 5.41) is 6.17. The van der Waals surface area contributed by atoms with Gasteiger partial charge in [-0.2, -0.15) is 0 Å². The topological polar surface area (TPSA) is 57.3 Å². The molecule has 1 aliphatic rings. The van der Waals surface area contributed by atoms with Crippen molar-refractivity contribution in [3.63, 3.8) is 0 Å². The van der Waals surface area contributed by atoms with E-state index in [2.05, 4.69) is 15.6 Å². The van der Waals surface area contributed by atoms with Gasteiger partial charge in [-0.05, 0) is 31.2 Å². The Labute approximate surface area is 121 Å². The lowest BCUT2D eigenvalue weighted by molar-refractivity contribution is 0.252. The van der Waals surface area contributed by atoms with Crippen molar-refractivity contribution in [1.82, 2.24) is 10.3 Å². The number of anilines is 2. The van der Waals surface area contributed by atoms with Crippen molar-refractivity contribution in [2.45, 2.75) is 13.5 Å². The van der Waals surface area contributed by atoms with Crippen LogP contribution in [0.15, 0.2) is 29.8 Å². The number of rotatable bonds is 4. The number of benzene rings is 1. The third-order valence-corrected chi connectivity index (χ3v) is 4.27. The quantitative estimate of drug-likeness (QED) is 0.909. The maximum absolute atomic E-state index is 11.6. The Kier molecular flexibility index (Phi) is 3.56. The van der Waals surface area contributed by atoms with Crippen LogP contribution in [0.25, 0.3) is 0 Å². The molecule has 1 aliphatic heterocycles. The average molecular weight is 288 g/mol. The molecule has 104 valence electrons. The number of hydrogen-bond acceptors (Lipinski definition) is 4. The maximum atomic E-state index is 11.6. The predicted octanol–water partition coefficient (Wildman–Crippen LogP) is 2.59. The second kappa shape index (κ2) is 5.50. The smallest absolute Gasteiger partial charge is 0.321 e. The largest absolute Gasteiger partial charge is 0.380 e. The molecule has 1 fully saturated rings. The van der Waals surface area contributed by atoms with Crippen LogP contribution < -0.4 is 15.5 Å². The van der Waals surface area contributed by atoms with Crippen LogP contribution in [0, 0.1) is 6.92 Å². The van der Waals surface area contributed by atoms with Crippen molar-refractivity contribution in [3.8, 4) is 0 Å². The Morgan fingerprint density at radius 1 is 1.40 bits per heavy atom. The van der Waals surface area contributed by atoms with E-state index in [9.17, 15) is 4.79 Å². The van der Waals surface area contributed by atoms with Crippen molar-refractivity contribution < 1.29 is 4.79 Å². The number of aryl methyl sites for hydroxylation is 1. The highest BCUT2D eigenvalue weighted by molar-refractivity contribution is 7.09. The zero-order valence-corrected chi connectivity index (χ0v) is 12.0. The number of amides is 2. The Morgan fingerprint density at radius 3 is 2.80 bits per heavy atom. The van der Waals surface area contributed by atoms with Gasteiger partial charge in [0.1, 0.15) is 0 Å². The minimum atomic E-state index is -0.0222. The van der Waals surface area contributed by atoms with Crippen LogP contribution in [-0.4, -0.2) is 24.1 Å². The number of carbonyl (C=O) groups is 1. The van der Waals surface area contributed by atoms with Gasteiger partial charge in [0.15, 0.2) is 0 Å². The van der Waals surface area contributed by atoms with Gasteiger partial charge in [0.25, 0.3) is 0 Å². The lowest BCUT2D eigenvalue weighted by Crippen LogP contribution is -2.27. The summed E-state index contributed by atoms with van der Waals surface area (Å²) >= 11 is 1.66. The Balaban J connectivity index is 1.64. The molecule has 2 amide bonds. The molecule has 1 aromatic carbocycles. The molecule has 0 spiro atoms. The molecule has 2 heterocycles. The van der Waals surface area contributed by atoms with E-state index in [4.69, 9.17) is 0 Å². The lowest BCUT2D eigenvalue weighted by Gasteiger charge is -2.14. The van der Waals surface area contributed by atoms with Crippen molar-refractivity contribution in [3.05, 3.63) is 40.3 Å². The number of urea groups is 1. The fourth-order valence-corrected chi connectivity index (χ4v) is 2.87. The Bertz CT molecular complexity index is 608. The zero-order chi connectivity index (χ0) is 13.9. The molecule has 6 heteroatoms. The van der Waals surface area contributed by atoms with Crippen molar-refractivity contribution in [2.75, 3.05) is 23.3 Å². The molecule has 3 rings (SSSR count). The molecule has 0 saturated carbocycles. The van der Waals surface area contributed by atoms with E-state index in [0.717, 1.165) is 30.2 Å². The van der Waals surface area contributed by atoms with Gasteiger partial charge in [0.2, 0.25) is 0 Å². The molecular weight excluding hydrogens is 272 g/mol. The third-order valence-electron chi connectivity index (χ3n) is 3.33. The maximum Gasteiger partial charge on any atom is 0.321 e. The average Bonchev–Trinajstić information content (AvgIpc) is 3.06. The number of aromatic nitrogens is 1. The van der Waals surface area contributed by atoms with Crippen molar-refractivity contribution in [1.29, 1.82) is 0 Å². The zero-order valence-electron chi connectivity index (χ0n) is 11.2. The first kappa shape index (κ1) is 12.9. The van der Waals surface area contributed by atoms with Crippen LogP contribution >= 0.6 is 11.3 Å². The minimum Gasteiger partial charge on any atom is -0.380 e. The number of hydrogen-bond donors (Lipinski definition) is 2. The first-order chi connectivity index (χ1) is 9.74. The molecular formula is C14H16N4OS. The van der Waals surface area contributed by atoms with E-state index in [1.165, 1.54) is 4.88 Å². The number of thiazole rings is 1. The van der Waals surface area contributed by atoms with Gasteiger partial charge in [-0.25, -0.2) is 9.78 Å². The number of nitrogens with zero attached hydrogens (tertiary/aromatic N) is 2. The molecule has 0 atom stereocenters. The van der Waals surface area contributed by atoms with Gasteiger partial charge in [0, 0.05) is 29.3 Å². The summed E-state index contributed by atoms with van der Waals surface area (Å²) in [6.45, 7) is 4.23. The fourth-order valence-electron chi connectivity index (χ4n) is 2.16. The van der Waals surface area contributed by atoms with E-state index in [1.54, 1.807) is 16.2 Å². The summed E-state index contributed by atoms with van der Waals surface area (Å²) in [5.41, 5.74) is 4.91. The summed E-state index contributed by atoms with van der Waals surface area (Å²) in [6.07, 6.45) is 0. The molecule has 1 aromatic heterocycles. The molecule has 0 unspecified atom stereocenters. The lowest BCUT2D eigenvalue weighted by atomic mass is 10.2. The summed E-state index contributed by atoms with van der Waals surface area (Å²) in [6, 6.07) is 7.90. The minimum absolute atomic E-state index is 0.0222. The monoisotopic (exact) mass is 288 g/mol. The standard InChI is InChI=1S/C14H16N4OS/c1-10-13(20-9-17-10)8-16-11-2-4-12(5-3-11)18-7-6-15-14(18)19/h2-5,9,16H,6-8H2,1H3,(H,15,19). The van der Waals surface area contributed by atoms with E-state index < -0.39 is 0 Å². The van der Waals surface area contributed by atoms with Crippen LogP contribution in [0.3, 0.4) is 0 Å². The molecule has 2 aromatic rings. The molecule has 2 N–H and O–H groups in total. The highest BCUT2D eigenvalue weighted by atomic mass is 32.1. The third kappa shape index (κ3) is 2.60. The Hall–Kier alpha value is -2.08. The van der Waals surface area contributed by atoms with Crippen LogP contribution in [0.4, 0.5) is 16.2 Å². The van der Waals surface area contributed by atoms with Crippen LogP contribution in [0.1, 0.15) is 10.6 Å². The highest BCUT2D eigenvalue weighted by Gasteiger charge is 2.20. The first-order valence-electron chi connectivity index (χ1n) is 6.52. The second-order valence-electron chi connectivity index (χ2n) is 4.64. The van der Waals surface area contributed by atoms with E-state index in [-0.39, 0.29) is 6.03 Å². The Morgan fingerprint density at radius 2 is 2.20 bits per heavy atom. The van der Waals surface area contributed by atoms with E-state index in [1.807, 2.05) is 36.7 Å². The van der Waals surface area contributed by atoms with Crippen LogP contribution in [0.5, 0.6) is 0 Å². The van der Waals surface area contributed by atoms with Crippen molar-refractivity contribution >= 4 is 28.7 Å². The number of carbonyl (C=O) groups excluding carboxylic acids is 1. The molecule has 20 heavy (non-hydrogen) atoms. The summed E-state index contributed by atoms with van der Waals surface area (Å²) in [7, 11) is 0. The molecule has 1 saturated heterocycles. The summed E-state index contributed by atoms with van der Waals surface area (Å²) < 4.78 is 0. The molecule has 5 nitrogen and oxygen atoms in total. The van der Waals surface area contributed by atoms with Gasteiger partial charge < -0.3 is 10.6 Å². The highest BCUT2D eigenvalue weighted by Crippen LogP contribution is 2.21. The van der Waals surface area contributed by atoms with Crippen molar-refractivity contribution in [2.24, 2.45) is 0 Å². The van der Waals surface area contributed by atoms with Crippen LogP contribution in [0.2, 0.25) is 0 Å². The van der Waals surface area contributed by atoms with Gasteiger partial charge in [-0.3, -0.25) is 4.90 Å². The predicted molar refractivity (Wildman–Crippen MR) is 81.4 cm³/mol. The SMILES string of the molecule is Cc1ncsc1CNc1ccc(N2CCNC2=O)cc1. The summed E-state index contributed by atoms with van der Waals surface area (Å²) in [4.78, 5) is 18.8. The molecule has 0 bridgehead atoms. The van der Waals surface area contributed by atoms with E-state index in [0.29, 0.717) is 6.54 Å². The van der Waals surface area contributed by atoms with Gasteiger partial charge >= 0.3 is 6.03 Å². The summed E-state index contributed by atoms with van der Waals surface area (Å²) in [5.74, 6) is 0. The molecule has 0 radical (unpaired) electrons.